The molecule has 106 valence electrons. The summed E-state index contributed by atoms with van der Waals surface area (Å²) in [5, 5.41) is 13.1. The normalized spacial score (nSPS) is 14.7. The lowest BCUT2D eigenvalue weighted by molar-refractivity contribution is -0.118. The second kappa shape index (κ2) is 8.44. The van der Waals surface area contributed by atoms with E-state index < -0.39 is 6.10 Å². The lowest BCUT2D eigenvalue weighted by Gasteiger charge is -2.15. The monoisotopic (exact) mass is 255 g/mol. The van der Waals surface area contributed by atoms with Crippen LogP contribution < -0.4 is 5.32 Å². The molecule has 0 aliphatic rings. The first kappa shape index (κ1) is 17.3. The summed E-state index contributed by atoms with van der Waals surface area (Å²) in [6.07, 6.45) is 1.86. The predicted octanol–water partition coefficient (Wildman–Crippen LogP) is 2.54. The Balaban J connectivity index is 4.67. The first-order valence-electron chi connectivity index (χ1n) is 6.90. The van der Waals surface area contributed by atoms with Crippen molar-refractivity contribution in [2.45, 2.75) is 60.1 Å². The fraction of sp³-hybridized carbons (Fsp3) is 0.800. The molecule has 0 saturated heterocycles. The van der Waals surface area contributed by atoms with E-state index >= 15 is 0 Å². The van der Waals surface area contributed by atoms with E-state index in [-0.39, 0.29) is 11.7 Å². The Bertz CT molecular complexity index is 280. The Hall–Kier alpha value is -0.670. The highest BCUT2D eigenvalue weighted by atomic mass is 16.3. The molecule has 0 rings (SSSR count). The fourth-order valence-corrected chi connectivity index (χ4v) is 1.71. The van der Waals surface area contributed by atoms with Gasteiger partial charge >= 0.3 is 0 Å². The molecule has 3 nitrogen and oxygen atoms in total. The summed E-state index contributed by atoms with van der Waals surface area (Å²) in [6, 6.07) is 0.336. The van der Waals surface area contributed by atoms with Gasteiger partial charge in [-0.3, -0.25) is 4.79 Å². The van der Waals surface area contributed by atoms with Crippen LogP contribution in [0, 0.1) is 11.8 Å². The Labute approximate surface area is 112 Å². The number of aliphatic hydroxyl groups excluding tert-OH is 1. The van der Waals surface area contributed by atoms with E-state index in [1.54, 1.807) is 6.08 Å². The molecule has 1 atom stereocenters. The molecule has 0 saturated carbocycles. The molecule has 0 aromatic carbocycles. The van der Waals surface area contributed by atoms with Crippen molar-refractivity contribution < 1.29 is 9.90 Å². The minimum absolute atomic E-state index is 0.0137. The van der Waals surface area contributed by atoms with Crippen molar-refractivity contribution in [2.75, 3.05) is 6.54 Å². The second-order valence-electron chi connectivity index (χ2n) is 5.94. The number of allylic oxidation sites excluding steroid dienone is 1. The number of carbonyl (C=O) groups is 1. The van der Waals surface area contributed by atoms with Gasteiger partial charge in [0.2, 0.25) is 0 Å². The molecule has 0 unspecified atom stereocenters. The topological polar surface area (TPSA) is 49.3 Å². The van der Waals surface area contributed by atoms with Crippen LogP contribution in [0.5, 0.6) is 0 Å². The van der Waals surface area contributed by atoms with Crippen LogP contribution in [0.1, 0.15) is 48.0 Å². The highest BCUT2D eigenvalue weighted by Gasteiger charge is 2.16. The van der Waals surface area contributed by atoms with E-state index in [0.29, 0.717) is 18.5 Å². The number of ketones is 1. The average molecular weight is 255 g/mol. The van der Waals surface area contributed by atoms with E-state index in [1.165, 1.54) is 0 Å². The molecule has 0 aliphatic heterocycles. The van der Waals surface area contributed by atoms with Crippen molar-refractivity contribution in [3.8, 4) is 0 Å². The molecule has 0 amide bonds. The number of hydrogen-bond acceptors (Lipinski definition) is 3. The van der Waals surface area contributed by atoms with Gasteiger partial charge in [-0.15, -0.1) is 0 Å². The third kappa shape index (κ3) is 7.62. The predicted molar refractivity (Wildman–Crippen MR) is 76.5 cm³/mol. The van der Waals surface area contributed by atoms with Crippen molar-refractivity contribution in [2.24, 2.45) is 11.8 Å². The van der Waals surface area contributed by atoms with Gasteiger partial charge in [0.1, 0.15) is 0 Å². The van der Waals surface area contributed by atoms with Gasteiger partial charge in [0.25, 0.3) is 0 Å². The Kier molecular flexibility index (Phi) is 8.12. The Morgan fingerprint density at radius 1 is 1.17 bits per heavy atom. The zero-order chi connectivity index (χ0) is 14.3. The van der Waals surface area contributed by atoms with Crippen molar-refractivity contribution in [1.82, 2.24) is 5.32 Å². The molecular weight excluding hydrogens is 226 g/mol. The molecule has 3 heteroatoms. The van der Waals surface area contributed by atoms with Crippen LogP contribution in [-0.4, -0.2) is 29.6 Å². The molecule has 0 aromatic rings. The number of rotatable bonds is 8. The van der Waals surface area contributed by atoms with E-state index in [4.69, 9.17) is 0 Å². The largest absolute Gasteiger partial charge is 0.388 e. The molecule has 0 aliphatic carbocycles. The second-order valence-corrected chi connectivity index (χ2v) is 5.94. The van der Waals surface area contributed by atoms with Crippen LogP contribution in [0.4, 0.5) is 0 Å². The SMILES string of the molecule is CC(C)C/C(=C\[C@H](O)CNC(C)C)C(=O)C(C)C. The molecule has 0 radical (unpaired) electrons. The van der Waals surface area contributed by atoms with Gasteiger partial charge in [0, 0.05) is 18.5 Å². The standard InChI is InChI=1S/C15H29NO2/c1-10(2)7-13(15(18)11(3)4)8-14(17)9-16-12(5)6/h8,10-12,14,16-17H,7,9H2,1-6H3/b13-8+/t14-/m0/s1. The summed E-state index contributed by atoms with van der Waals surface area (Å²) in [7, 11) is 0. The van der Waals surface area contributed by atoms with Crippen molar-refractivity contribution in [1.29, 1.82) is 0 Å². The van der Waals surface area contributed by atoms with Crippen LogP contribution in [0.3, 0.4) is 0 Å². The summed E-state index contributed by atoms with van der Waals surface area (Å²) < 4.78 is 0. The number of carbonyl (C=O) groups excluding carboxylic acids is 1. The Morgan fingerprint density at radius 2 is 1.72 bits per heavy atom. The zero-order valence-electron chi connectivity index (χ0n) is 12.7. The van der Waals surface area contributed by atoms with Gasteiger partial charge in [-0.1, -0.05) is 41.5 Å². The van der Waals surface area contributed by atoms with Gasteiger partial charge < -0.3 is 10.4 Å². The minimum atomic E-state index is -0.594. The summed E-state index contributed by atoms with van der Waals surface area (Å²) in [5.41, 5.74) is 0.762. The molecule has 0 aromatic heterocycles. The summed E-state index contributed by atoms with van der Waals surface area (Å²) >= 11 is 0. The van der Waals surface area contributed by atoms with Crippen LogP contribution in [0.25, 0.3) is 0 Å². The molecule has 0 fully saturated rings. The summed E-state index contributed by atoms with van der Waals surface area (Å²) in [4.78, 5) is 12.1. The van der Waals surface area contributed by atoms with Crippen LogP contribution in [0.2, 0.25) is 0 Å². The van der Waals surface area contributed by atoms with E-state index in [9.17, 15) is 9.90 Å². The number of nitrogens with one attached hydrogen (secondary N) is 1. The maximum absolute atomic E-state index is 12.1. The van der Waals surface area contributed by atoms with Crippen molar-refractivity contribution >= 4 is 5.78 Å². The molecular formula is C15H29NO2. The molecule has 2 N–H and O–H groups in total. The molecule has 0 bridgehead atoms. The zero-order valence-corrected chi connectivity index (χ0v) is 12.7. The van der Waals surface area contributed by atoms with E-state index in [2.05, 4.69) is 19.2 Å². The van der Waals surface area contributed by atoms with Gasteiger partial charge in [0.05, 0.1) is 6.10 Å². The van der Waals surface area contributed by atoms with Crippen LogP contribution >= 0.6 is 0 Å². The molecule has 0 spiro atoms. The van der Waals surface area contributed by atoms with Gasteiger partial charge in [-0.05, 0) is 24.0 Å². The van der Waals surface area contributed by atoms with Gasteiger partial charge in [0.15, 0.2) is 5.78 Å². The maximum atomic E-state index is 12.1. The third-order valence-corrected chi connectivity index (χ3v) is 2.60. The summed E-state index contributed by atoms with van der Waals surface area (Å²) in [5.74, 6) is 0.553. The lowest BCUT2D eigenvalue weighted by atomic mass is 9.92. The average Bonchev–Trinajstić information content (AvgIpc) is 2.23. The highest BCUT2D eigenvalue weighted by molar-refractivity contribution is 5.96. The third-order valence-electron chi connectivity index (χ3n) is 2.60. The van der Waals surface area contributed by atoms with Gasteiger partial charge in [-0.25, -0.2) is 0 Å². The Morgan fingerprint density at radius 3 is 2.11 bits per heavy atom. The fourth-order valence-electron chi connectivity index (χ4n) is 1.71. The number of hydrogen-bond donors (Lipinski definition) is 2. The minimum Gasteiger partial charge on any atom is -0.388 e. The highest BCUT2D eigenvalue weighted by Crippen LogP contribution is 2.16. The lowest BCUT2D eigenvalue weighted by Crippen LogP contribution is -2.31. The quantitative estimate of drug-likeness (QED) is 0.655. The van der Waals surface area contributed by atoms with Crippen molar-refractivity contribution in [3.05, 3.63) is 11.6 Å². The molecule has 0 heterocycles. The van der Waals surface area contributed by atoms with E-state index in [0.717, 1.165) is 12.0 Å². The smallest absolute Gasteiger partial charge is 0.161 e. The summed E-state index contributed by atoms with van der Waals surface area (Å²) in [6.45, 7) is 12.5. The van der Waals surface area contributed by atoms with Crippen LogP contribution in [-0.2, 0) is 4.79 Å². The van der Waals surface area contributed by atoms with Crippen LogP contribution in [0.15, 0.2) is 11.6 Å². The maximum Gasteiger partial charge on any atom is 0.161 e. The van der Waals surface area contributed by atoms with E-state index in [1.807, 2.05) is 27.7 Å². The van der Waals surface area contributed by atoms with Gasteiger partial charge in [-0.2, -0.15) is 0 Å². The number of Topliss-reactive ketones (excluding diaryl/α,β-unsaturated/α-hetero) is 1. The first-order chi connectivity index (χ1) is 8.23. The first-order valence-corrected chi connectivity index (χ1v) is 6.90. The number of aliphatic hydroxyl groups is 1. The molecule has 18 heavy (non-hydrogen) atoms. The van der Waals surface area contributed by atoms with Crippen molar-refractivity contribution in [3.63, 3.8) is 0 Å².